The number of nitrogens with two attached hydrogens (primary N) is 1. The van der Waals surface area contributed by atoms with Gasteiger partial charge in [-0.25, -0.2) is 0 Å². The highest BCUT2D eigenvalue weighted by Gasteiger charge is 2.31. The Hall–Kier alpha value is -0.610. The fourth-order valence-corrected chi connectivity index (χ4v) is 3.24. The normalized spacial score (nSPS) is 30.6. The molecule has 1 aliphatic carbocycles. The Balaban J connectivity index is 1.72. The molecule has 18 heavy (non-hydrogen) atoms. The number of hydrogen-bond acceptors (Lipinski definition) is 3. The van der Waals surface area contributed by atoms with Crippen LogP contribution in [0.3, 0.4) is 0 Å². The van der Waals surface area contributed by atoms with E-state index in [2.05, 4.69) is 17.1 Å². The van der Waals surface area contributed by atoms with E-state index in [0.717, 1.165) is 45.2 Å². The molecule has 1 saturated carbocycles. The summed E-state index contributed by atoms with van der Waals surface area (Å²) in [5.74, 6) is 0.271. The smallest absolute Gasteiger partial charge is 0.224 e. The van der Waals surface area contributed by atoms with E-state index < -0.39 is 0 Å². The third kappa shape index (κ3) is 3.45. The lowest BCUT2D eigenvalue weighted by Crippen LogP contribution is -2.48. The molecule has 2 unspecified atom stereocenters. The summed E-state index contributed by atoms with van der Waals surface area (Å²) < 4.78 is 0. The largest absolute Gasteiger partial charge is 0.353 e. The van der Waals surface area contributed by atoms with Gasteiger partial charge in [0.05, 0.1) is 5.92 Å². The Labute approximate surface area is 110 Å². The fraction of sp³-hybridized carbons (Fsp3) is 0.929. The lowest BCUT2D eigenvalue weighted by atomic mass is 10.00. The molecule has 2 rings (SSSR count). The third-order valence-corrected chi connectivity index (χ3v) is 4.38. The molecule has 1 amide bonds. The number of nitrogens with one attached hydrogen (secondary N) is 1. The van der Waals surface area contributed by atoms with E-state index >= 15 is 0 Å². The number of carbonyl (C=O) groups is 1. The van der Waals surface area contributed by atoms with Crippen molar-refractivity contribution in [2.45, 2.75) is 57.5 Å². The van der Waals surface area contributed by atoms with Crippen LogP contribution in [0.25, 0.3) is 0 Å². The molecule has 3 N–H and O–H groups in total. The minimum atomic E-state index is 0.0682. The minimum Gasteiger partial charge on any atom is -0.353 e. The topological polar surface area (TPSA) is 58.4 Å². The first kappa shape index (κ1) is 13.8. The molecule has 0 radical (unpaired) electrons. The van der Waals surface area contributed by atoms with E-state index in [1.165, 1.54) is 13.0 Å². The summed E-state index contributed by atoms with van der Waals surface area (Å²) in [4.78, 5) is 14.6. The van der Waals surface area contributed by atoms with Crippen molar-refractivity contribution in [2.75, 3.05) is 19.6 Å². The molecule has 2 fully saturated rings. The van der Waals surface area contributed by atoms with Crippen molar-refractivity contribution in [3.8, 4) is 0 Å². The quantitative estimate of drug-likeness (QED) is 0.789. The average Bonchev–Trinajstić information content (AvgIpc) is 2.78. The van der Waals surface area contributed by atoms with Crippen LogP contribution in [0.5, 0.6) is 0 Å². The summed E-state index contributed by atoms with van der Waals surface area (Å²) in [6.45, 7) is 5.65. The van der Waals surface area contributed by atoms with Crippen molar-refractivity contribution in [3.63, 3.8) is 0 Å². The van der Waals surface area contributed by atoms with Crippen LogP contribution in [0.2, 0.25) is 0 Å². The van der Waals surface area contributed by atoms with E-state index in [4.69, 9.17) is 5.73 Å². The maximum atomic E-state index is 12.1. The molecular formula is C14H27N3O. The summed E-state index contributed by atoms with van der Waals surface area (Å²) in [5.41, 5.74) is 5.98. The second-order valence-corrected chi connectivity index (χ2v) is 5.83. The number of hydrogen-bond donors (Lipinski definition) is 2. The number of likely N-dealkylation sites (tertiary alicyclic amines) is 1. The van der Waals surface area contributed by atoms with Crippen molar-refractivity contribution in [1.29, 1.82) is 0 Å². The average molecular weight is 253 g/mol. The first-order chi connectivity index (χ1) is 8.70. The fourth-order valence-electron chi connectivity index (χ4n) is 3.24. The van der Waals surface area contributed by atoms with Gasteiger partial charge in [0.2, 0.25) is 5.91 Å². The van der Waals surface area contributed by atoms with Crippen LogP contribution in [-0.2, 0) is 4.79 Å². The Bertz CT molecular complexity index is 274. The maximum absolute atomic E-state index is 12.1. The summed E-state index contributed by atoms with van der Waals surface area (Å²) in [6, 6.07) is 0.462. The van der Waals surface area contributed by atoms with Crippen LogP contribution in [0.4, 0.5) is 0 Å². The van der Waals surface area contributed by atoms with Gasteiger partial charge >= 0.3 is 0 Å². The molecule has 0 bridgehead atoms. The van der Waals surface area contributed by atoms with Gasteiger partial charge in [0.1, 0.15) is 0 Å². The summed E-state index contributed by atoms with van der Waals surface area (Å²) in [6.07, 6.45) is 6.48. The minimum absolute atomic E-state index is 0.0682. The Morgan fingerprint density at radius 1 is 1.28 bits per heavy atom. The van der Waals surface area contributed by atoms with Crippen molar-refractivity contribution < 1.29 is 4.79 Å². The van der Waals surface area contributed by atoms with Crippen LogP contribution >= 0.6 is 0 Å². The molecule has 4 heteroatoms. The predicted molar refractivity (Wildman–Crippen MR) is 73.2 cm³/mol. The molecule has 1 saturated heterocycles. The molecule has 1 aliphatic heterocycles. The summed E-state index contributed by atoms with van der Waals surface area (Å²) >= 11 is 0. The molecule has 104 valence electrons. The van der Waals surface area contributed by atoms with E-state index in [0.29, 0.717) is 6.04 Å². The standard InChI is InChI=1S/C14H27N3O/c1-2-8-17-9-6-11(7-10-17)16-14(18)12-4-3-5-13(12)15/h11-13H,2-10,15H2,1H3,(H,16,18). The highest BCUT2D eigenvalue weighted by atomic mass is 16.2. The van der Waals surface area contributed by atoms with Gasteiger partial charge in [0, 0.05) is 25.2 Å². The lowest BCUT2D eigenvalue weighted by Gasteiger charge is -2.32. The van der Waals surface area contributed by atoms with Gasteiger partial charge in [-0.1, -0.05) is 13.3 Å². The molecule has 0 aromatic rings. The van der Waals surface area contributed by atoms with Crippen molar-refractivity contribution in [1.82, 2.24) is 10.2 Å². The molecular weight excluding hydrogens is 226 g/mol. The first-order valence-electron chi connectivity index (χ1n) is 7.49. The maximum Gasteiger partial charge on any atom is 0.224 e. The van der Waals surface area contributed by atoms with Crippen LogP contribution in [-0.4, -0.2) is 42.5 Å². The van der Waals surface area contributed by atoms with Crippen LogP contribution in [0, 0.1) is 5.92 Å². The van der Waals surface area contributed by atoms with Gasteiger partial charge in [-0.05, 0) is 38.6 Å². The van der Waals surface area contributed by atoms with E-state index in [-0.39, 0.29) is 17.9 Å². The molecule has 2 aliphatic rings. The molecule has 1 heterocycles. The van der Waals surface area contributed by atoms with Crippen LogP contribution in [0.1, 0.15) is 45.4 Å². The monoisotopic (exact) mass is 253 g/mol. The number of rotatable bonds is 4. The molecule has 4 nitrogen and oxygen atoms in total. The molecule has 0 aromatic carbocycles. The van der Waals surface area contributed by atoms with Crippen LogP contribution < -0.4 is 11.1 Å². The van der Waals surface area contributed by atoms with Gasteiger partial charge in [0.25, 0.3) is 0 Å². The number of carbonyl (C=O) groups excluding carboxylic acids is 1. The van der Waals surface area contributed by atoms with Crippen molar-refractivity contribution in [2.24, 2.45) is 11.7 Å². The van der Waals surface area contributed by atoms with E-state index in [9.17, 15) is 4.79 Å². The van der Waals surface area contributed by atoms with E-state index in [1.54, 1.807) is 0 Å². The Morgan fingerprint density at radius 2 is 2.00 bits per heavy atom. The van der Waals surface area contributed by atoms with Gasteiger partial charge < -0.3 is 16.0 Å². The van der Waals surface area contributed by atoms with Crippen LogP contribution in [0.15, 0.2) is 0 Å². The van der Waals surface area contributed by atoms with Gasteiger partial charge in [0.15, 0.2) is 0 Å². The first-order valence-corrected chi connectivity index (χ1v) is 7.49. The van der Waals surface area contributed by atoms with Gasteiger partial charge in [-0.15, -0.1) is 0 Å². The number of nitrogens with zero attached hydrogens (tertiary/aromatic N) is 1. The molecule has 0 spiro atoms. The zero-order chi connectivity index (χ0) is 13.0. The second kappa shape index (κ2) is 6.53. The summed E-state index contributed by atoms with van der Waals surface area (Å²) in [7, 11) is 0. The highest BCUT2D eigenvalue weighted by molar-refractivity contribution is 5.80. The Kier molecular flexibility index (Phi) is 5.01. The Morgan fingerprint density at radius 3 is 2.56 bits per heavy atom. The zero-order valence-corrected chi connectivity index (χ0v) is 11.5. The van der Waals surface area contributed by atoms with Crippen molar-refractivity contribution in [3.05, 3.63) is 0 Å². The number of amides is 1. The van der Waals surface area contributed by atoms with Gasteiger partial charge in [-0.2, -0.15) is 0 Å². The second-order valence-electron chi connectivity index (χ2n) is 5.83. The lowest BCUT2D eigenvalue weighted by molar-refractivity contribution is -0.126. The van der Waals surface area contributed by atoms with Gasteiger partial charge in [-0.3, -0.25) is 4.79 Å². The summed E-state index contributed by atoms with van der Waals surface area (Å²) in [5, 5.41) is 3.21. The molecule has 2 atom stereocenters. The molecule has 0 aromatic heterocycles. The SMILES string of the molecule is CCCN1CCC(NC(=O)C2CCCC2N)CC1. The highest BCUT2D eigenvalue weighted by Crippen LogP contribution is 2.24. The van der Waals surface area contributed by atoms with E-state index in [1.807, 2.05) is 0 Å². The predicted octanol–water partition coefficient (Wildman–Crippen LogP) is 1.10. The van der Waals surface area contributed by atoms with Crippen molar-refractivity contribution >= 4 is 5.91 Å². The number of piperidine rings is 1. The third-order valence-electron chi connectivity index (χ3n) is 4.38. The zero-order valence-electron chi connectivity index (χ0n) is 11.5.